The predicted octanol–water partition coefficient (Wildman–Crippen LogP) is 4.32. The van der Waals surface area contributed by atoms with Gasteiger partial charge in [0.25, 0.3) is 0 Å². The average Bonchev–Trinajstić information content (AvgIpc) is 2.78. The van der Waals surface area contributed by atoms with E-state index in [0.717, 1.165) is 49.0 Å². The minimum Gasteiger partial charge on any atom is -0.359 e. The lowest BCUT2D eigenvalue weighted by Gasteiger charge is -2.34. The number of carbonyl (C=O) groups is 1. The molecule has 2 N–H and O–H groups in total. The van der Waals surface area contributed by atoms with Crippen LogP contribution in [-0.4, -0.2) is 43.4 Å². The quantitative estimate of drug-likeness (QED) is 0.534. The molecule has 2 aromatic rings. The lowest BCUT2D eigenvalue weighted by atomic mass is 9.93. The second-order valence-corrected chi connectivity index (χ2v) is 8.08. The first-order valence-corrected chi connectivity index (χ1v) is 11.1. The Morgan fingerprint density at radius 2 is 1.83 bits per heavy atom. The number of hydrogen-bond donors (Lipinski definition) is 2. The van der Waals surface area contributed by atoms with Gasteiger partial charge in [0.15, 0.2) is 5.96 Å². The van der Waals surface area contributed by atoms with Crippen molar-refractivity contribution < 1.29 is 4.79 Å². The van der Waals surface area contributed by atoms with E-state index in [1.807, 2.05) is 24.3 Å². The molecule has 0 saturated carbocycles. The highest BCUT2D eigenvalue weighted by atomic mass is 35.5. The van der Waals surface area contributed by atoms with Gasteiger partial charge in [-0.2, -0.15) is 0 Å². The van der Waals surface area contributed by atoms with E-state index >= 15 is 0 Å². The van der Waals surface area contributed by atoms with Gasteiger partial charge in [-0.1, -0.05) is 48.0 Å². The molecule has 0 aliphatic carbocycles. The molecule has 0 atom stereocenters. The number of amides is 1. The van der Waals surface area contributed by atoms with Crippen LogP contribution in [0.1, 0.15) is 31.7 Å². The highest BCUT2D eigenvalue weighted by molar-refractivity contribution is 6.30. The van der Waals surface area contributed by atoms with Gasteiger partial charge in [-0.25, -0.2) is 4.99 Å². The van der Waals surface area contributed by atoms with E-state index in [4.69, 9.17) is 16.6 Å². The van der Waals surface area contributed by atoms with E-state index in [0.29, 0.717) is 18.9 Å². The van der Waals surface area contributed by atoms with E-state index in [2.05, 4.69) is 46.7 Å². The number of halogens is 1. The molecule has 1 amide bonds. The SMILES string of the molecule is CCNC(=NCc1ccccc1-c1ccc(Cl)cc1)N1CCC(CC(=O)NC)CC1. The Morgan fingerprint density at radius 1 is 1.13 bits per heavy atom. The van der Waals surface area contributed by atoms with Crippen LogP contribution in [-0.2, 0) is 11.3 Å². The maximum atomic E-state index is 11.7. The van der Waals surface area contributed by atoms with Crippen LogP contribution in [0.5, 0.6) is 0 Å². The van der Waals surface area contributed by atoms with Crippen LogP contribution in [0.2, 0.25) is 5.02 Å². The Kier molecular flexibility index (Phi) is 8.14. The summed E-state index contributed by atoms with van der Waals surface area (Å²) in [5.74, 6) is 1.53. The maximum Gasteiger partial charge on any atom is 0.220 e. The molecule has 6 heteroatoms. The molecule has 1 saturated heterocycles. The summed E-state index contributed by atoms with van der Waals surface area (Å²) in [6.45, 7) is 5.38. The van der Waals surface area contributed by atoms with Crippen molar-refractivity contribution in [1.29, 1.82) is 0 Å². The molecule has 1 fully saturated rings. The summed E-state index contributed by atoms with van der Waals surface area (Å²) in [4.78, 5) is 18.9. The second kappa shape index (κ2) is 11.0. The number of nitrogens with zero attached hydrogens (tertiary/aromatic N) is 2. The zero-order valence-corrected chi connectivity index (χ0v) is 18.6. The van der Waals surface area contributed by atoms with Crippen LogP contribution in [0.4, 0.5) is 0 Å². The Labute approximate surface area is 184 Å². The summed E-state index contributed by atoms with van der Waals surface area (Å²) >= 11 is 6.05. The minimum absolute atomic E-state index is 0.132. The van der Waals surface area contributed by atoms with Crippen LogP contribution >= 0.6 is 11.6 Å². The minimum atomic E-state index is 0.132. The molecule has 0 unspecified atom stereocenters. The largest absolute Gasteiger partial charge is 0.359 e. The number of rotatable bonds is 6. The van der Waals surface area contributed by atoms with Crippen molar-refractivity contribution in [2.24, 2.45) is 10.9 Å². The van der Waals surface area contributed by atoms with Crippen molar-refractivity contribution in [3.63, 3.8) is 0 Å². The normalized spacial score (nSPS) is 15.2. The molecule has 0 radical (unpaired) electrons. The Bertz CT molecular complexity index is 858. The number of aliphatic imine (C=N–C) groups is 1. The molecular formula is C24H31ClN4O. The molecule has 1 aliphatic rings. The fourth-order valence-electron chi connectivity index (χ4n) is 3.87. The number of piperidine rings is 1. The average molecular weight is 427 g/mol. The van der Waals surface area contributed by atoms with Gasteiger partial charge in [-0.15, -0.1) is 0 Å². The van der Waals surface area contributed by atoms with Crippen molar-refractivity contribution in [2.45, 2.75) is 32.7 Å². The molecule has 0 aromatic heterocycles. The Morgan fingerprint density at radius 3 is 2.50 bits per heavy atom. The van der Waals surface area contributed by atoms with Crippen molar-refractivity contribution in [3.05, 3.63) is 59.1 Å². The van der Waals surface area contributed by atoms with E-state index in [1.165, 1.54) is 11.1 Å². The van der Waals surface area contributed by atoms with E-state index in [-0.39, 0.29) is 5.91 Å². The molecule has 30 heavy (non-hydrogen) atoms. The Balaban J connectivity index is 1.70. The molecule has 1 heterocycles. The fourth-order valence-corrected chi connectivity index (χ4v) is 3.99. The number of carbonyl (C=O) groups excluding carboxylic acids is 1. The van der Waals surface area contributed by atoms with E-state index in [1.54, 1.807) is 7.05 Å². The first-order chi connectivity index (χ1) is 14.6. The summed E-state index contributed by atoms with van der Waals surface area (Å²) in [5.41, 5.74) is 3.51. The third kappa shape index (κ3) is 5.99. The molecule has 5 nitrogen and oxygen atoms in total. The van der Waals surface area contributed by atoms with Gasteiger partial charge >= 0.3 is 0 Å². The van der Waals surface area contributed by atoms with Crippen molar-refractivity contribution in [3.8, 4) is 11.1 Å². The zero-order valence-electron chi connectivity index (χ0n) is 17.8. The van der Waals surface area contributed by atoms with Gasteiger partial charge in [0, 0.05) is 38.1 Å². The number of benzene rings is 2. The van der Waals surface area contributed by atoms with Crippen LogP contribution in [0.25, 0.3) is 11.1 Å². The summed E-state index contributed by atoms with van der Waals surface area (Å²) < 4.78 is 0. The van der Waals surface area contributed by atoms with Crippen molar-refractivity contribution in [2.75, 3.05) is 26.7 Å². The first-order valence-electron chi connectivity index (χ1n) is 10.7. The Hall–Kier alpha value is -2.53. The topological polar surface area (TPSA) is 56.7 Å². The molecule has 160 valence electrons. The van der Waals surface area contributed by atoms with Gasteiger partial charge in [-0.05, 0) is 54.5 Å². The maximum absolute atomic E-state index is 11.7. The number of guanidine groups is 1. The molecule has 2 aromatic carbocycles. The lowest BCUT2D eigenvalue weighted by molar-refractivity contribution is -0.121. The van der Waals surface area contributed by atoms with Gasteiger partial charge in [0.05, 0.1) is 6.54 Å². The molecule has 1 aliphatic heterocycles. The van der Waals surface area contributed by atoms with Crippen molar-refractivity contribution >= 4 is 23.5 Å². The monoisotopic (exact) mass is 426 g/mol. The number of likely N-dealkylation sites (tertiary alicyclic amines) is 1. The molecule has 3 rings (SSSR count). The first kappa shape index (κ1) is 22.2. The van der Waals surface area contributed by atoms with Crippen LogP contribution < -0.4 is 10.6 Å². The van der Waals surface area contributed by atoms with Gasteiger partial charge in [0.1, 0.15) is 0 Å². The van der Waals surface area contributed by atoms with Gasteiger partial charge in [-0.3, -0.25) is 4.79 Å². The predicted molar refractivity (Wildman–Crippen MR) is 125 cm³/mol. The number of nitrogens with one attached hydrogen (secondary N) is 2. The highest BCUT2D eigenvalue weighted by Crippen LogP contribution is 2.26. The summed E-state index contributed by atoms with van der Waals surface area (Å²) in [7, 11) is 1.70. The fraction of sp³-hybridized carbons (Fsp3) is 0.417. The van der Waals surface area contributed by atoms with Gasteiger partial charge in [0.2, 0.25) is 5.91 Å². The summed E-state index contributed by atoms with van der Waals surface area (Å²) in [5, 5.41) is 6.91. The van der Waals surface area contributed by atoms with E-state index < -0.39 is 0 Å². The van der Waals surface area contributed by atoms with Crippen LogP contribution in [0.3, 0.4) is 0 Å². The number of hydrogen-bond acceptors (Lipinski definition) is 2. The lowest BCUT2D eigenvalue weighted by Crippen LogP contribution is -2.46. The van der Waals surface area contributed by atoms with Gasteiger partial charge < -0.3 is 15.5 Å². The van der Waals surface area contributed by atoms with E-state index in [9.17, 15) is 4.79 Å². The van der Waals surface area contributed by atoms with Crippen LogP contribution in [0, 0.1) is 5.92 Å². The molecule has 0 bridgehead atoms. The summed E-state index contributed by atoms with van der Waals surface area (Å²) in [6.07, 6.45) is 2.64. The third-order valence-corrected chi connectivity index (χ3v) is 5.83. The second-order valence-electron chi connectivity index (χ2n) is 7.64. The highest BCUT2D eigenvalue weighted by Gasteiger charge is 2.23. The zero-order chi connectivity index (χ0) is 21.3. The molecule has 0 spiro atoms. The van der Waals surface area contributed by atoms with Crippen LogP contribution in [0.15, 0.2) is 53.5 Å². The third-order valence-electron chi connectivity index (χ3n) is 5.57. The van der Waals surface area contributed by atoms with Crippen molar-refractivity contribution in [1.82, 2.24) is 15.5 Å². The standard InChI is InChI=1S/C24H31ClN4O/c1-3-27-24(29-14-12-18(13-15-29)16-23(30)26-2)28-17-20-6-4-5-7-22(20)19-8-10-21(25)11-9-19/h4-11,18H,3,12-17H2,1-2H3,(H,26,30)(H,27,28). The smallest absolute Gasteiger partial charge is 0.220 e. The molecular weight excluding hydrogens is 396 g/mol. The summed E-state index contributed by atoms with van der Waals surface area (Å²) in [6, 6.07) is 16.3.